The largest absolute Gasteiger partial charge is 0.481 e. The topological polar surface area (TPSA) is 252 Å². The number of carbonyl (C=O) groups is 7. The van der Waals surface area contributed by atoms with Crippen LogP contribution in [0.4, 0.5) is 20.1 Å². The van der Waals surface area contributed by atoms with Crippen LogP contribution in [-0.4, -0.2) is 114 Å². The first-order valence-electron chi connectivity index (χ1n) is 24.6. The maximum Gasteiger partial charge on any atom is 0.409 e. The number of hydrogen-bond acceptors (Lipinski definition) is 10. The van der Waals surface area contributed by atoms with E-state index in [1.807, 2.05) is 18.5 Å². The van der Waals surface area contributed by atoms with Gasteiger partial charge in [-0.2, -0.15) is 0 Å². The van der Waals surface area contributed by atoms with Crippen molar-refractivity contribution >= 4 is 53.2 Å². The van der Waals surface area contributed by atoms with Crippen molar-refractivity contribution in [1.29, 1.82) is 0 Å². The lowest BCUT2D eigenvalue weighted by molar-refractivity contribution is -0.139. The molecule has 18 nitrogen and oxygen atoms in total. The predicted molar refractivity (Wildman–Crippen MR) is 262 cm³/mol. The molecule has 0 bridgehead atoms. The Labute approximate surface area is 410 Å². The number of aromatic nitrogens is 1. The highest BCUT2D eigenvalue weighted by molar-refractivity contribution is 5.98. The molecule has 0 spiro atoms. The van der Waals surface area contributed by atoms with E-state index in [9.17, 15) is 33.6 Å². The number of benzene rings is 1. The van der Waals surface area contributed by atoms with E-state index in [1.54, 1.807) is 52.2 Å². The van der Waals surface area contributed by atoms with Crippen LogP contribution >= 0.6 is 0 Å². The van der Waals surface area contributed by atoms with Gasteiger partial charge in [0.2, 0.25) is 17.7 Å². The third-order valence-electron chi connectivity index (χ3n) is 15.3. The quantitative estimate of drug-likeness (QED) is 0.0608. The first kappa shape index (κ1) is 52.9. The summed E-state index contributed by atoms with van der Waals surface area (Å²) in [7, 11) is 3.26. The number of urea groups is 1. The Morgan fingerprint density at radius 2 is 1.59 bits per heavy atom. The van der Waals surface area contributed by atoms with Crippen molar-refractivity contribution < 1.29 is 48.1 Å². The molecular weight excluding hydrogens is 897 g/mol. The Kier molecular flexibility index (Phi) is 17.7. The van der Waals surface area contributed by atoms with Crippen LogP contribution in [0.3, 0.4) is 0 Å². The fourth-order valence-corrected chi connectivity index (χ4v) is 11.2. The number of primary amides is 1. The first-order valence-corrected chi connectivity index (χ1v) is 24.6. The van der Waals surface area contributed by atoms with Gasteiger partial charge in [0, 0.05) is 64.7 Å². The van der Waals surface area contributed by atoms with Crippen molar-refractivity contribution in [2.45, 2.75) is 123 Å². The number of anilines is 1. The number of aliphatic carboxylic acids is 1. The summed E-state index contributed by atoms with van der Waals surface area (Å²) in [4.78, 5) is 94.8. The molecule has 6 rings (SSSR count). The minimum absolute atomic E-state index is 0.0586. The maximum absolute atomic E-state index is 13.5. The van der Waals surface area contributed by atoms with Crippen LogP contribution in [-0.2, 0) is 35.3 Å². The van der Waals surface area contributed by atoms with Crippen LogP contribution in [0.25, 0.3) is 5.57 Å². The number of nitrogens with two attached hydrogens (primary N) is 1. The molecule has 8 atom stereocenters. The van der Waals surface area contributed by atoms with Gasteiger partial charge in [-0.15, -0.1) is 0 Å². The molecule has 2 aromatic rings. The number of pyridine rings is 1. The van der Waals surface area contributed by atoms with Crippen molar-refractivity contribution in [2.75, 3.05) is 39.0 Å². The summed E-state index contributed by atoms with van der Waals surface area (Å²) in [5, 5.41) is 19.4. The summed E-state index contributed by atoms with van der Waals surface area (Å²) in [6, 6.07) is 7.95. The zero-order chi connectivity index (χ0) is 50.8. The van der Waals surface area contributed by atoms with E-state index in [1.165, 1.54) is 39.4 Å². The zero-order valence-corrected chi connectivity index (χ0v) is 41.5. The minimum atomic E-state index is -1.15. The third-order valence-corrected chi connectivity index (χ3v) is 15.3. The van der Waals surface area contributed by atoms with E-state index in [4.69, 9.17) is 20.3 Å². The van der Waals surface area contributed by atoms with Gasteiger partial charge in [-0.3, -0.25) is 24.2 Å². The summed E-state index contributed by atoms with van der Waals surface area (Å²) in [6.45, 7) is 8.87. The molecule has 1 aromatic heterocycles. The normalized spacial score (nSPS) is 24.2. The summed E-state index contributed by atoms with van der Waals surface area (Å²) in [5.41, 5.74) is 10.6. The van der Waals surface area contributed by atoms with Crippen molar-refractivity contribution in [1.82, 2.24) is 30.7 Å². The van der Waals surface area contributed by atoms with Crippen LogP contribution in [0.2, 0.25) is 0 Å². The molecule has 2 fully saturated rings. The number of nitrogens with one attached hydrogen (secondary N) is 4. The average molecular weight is 969 g/mol. The molecule has 0 unspecified atom stereocenters. The second-order valence-corrected chi connectivity index (χ2v) is 20.3. The molecule has 380 valence electrons. The highest BCUT2D eigenvalue weighted by Gasteiger charge is 2.57. The van der Waals surface area contributed by atoms with Gasteiger partial charge in [0.1, 0.15) is 24.8 Å². The number of ether oxygens (including phenoxy) is 2. The van der Waals surface area contributed by atoms with E-state index in [2.05, 4.69) is 58.3 Å². The molecule has 18 heteroatoms. The number of carboxylic acid groups (broad SMARTS) is 1. The van der Waals surface area contributed by atoms with Gasteiger partial charge in [0.15, 0.2) is 0 Å². The number of carbonyl (C=O) groups excluding carboxylic acids is 6. The van der Waals surface area contributed by atoms with Crippen LogP contribution in [0, 0.1) is 34.5 Å². The molecule has 7 amide bonds. The van der Waals surface area contributed by atoms with Gasteiger partial charge in [0.25, 0.3) is 0 Å². The van der Waals surface area contributed by atoms with Crippen molar-refractivity contribution in [3.8, 4) is 0 Å². The van der Waals surface area contributed by atoms with E-state index >= 15 is 0 Å². The number of fused-ring (bicyclic) bond motifs is 5. The number of carboxylic acids is 1. The van der Waals surface area contributed by atoms with Gasteiger partial charge in [-0.05, 0) is 121 Å². The second-order valence-electron chi connectivity index (χ2n) is 20.3. The summed E-state index contributed by atoms with van der Waals surface area (Å²) < 4.78 is 11.6. The number of allylic oxidation sites excluding steroid dienone is 3. The summed E-state index contributed by atoms with van der Waals surface area (Å²) >= 11 is 0. The molecule has 1 heterocycles. The first-order chi connectivity index (χ1) is 33.3. The van der Waals surface area contributed by atoms with Gasteiger partial charge in [0.05, 0.1) is 6.42 Å². The summed E-state index contributed by atoms with van der Waals surface area (Å²) in [5.74, 6) is -1.50. The number of rotatable bonds is 20. The Bertz CT molecular complexity index is 2290. The molecule has 4 aliphatic carbocycles. The van der Waals surface area contributed by atoms with Crippen LogP contribution in [0.1, 0.15) is 109 Å². The minimum Gasteiger partial charge on any atom is -0.481 e. The smallest absolute Gasteiger partial charge is 0.409 e. The van der Waals surface area contributed by atoms with E-state index in [0.717, 1.165) is 32.1 Å². The van der Waals surface area contributed by atoms with Crippen molar-refractivity contribution in [3.63, 3.8) is 0 Å². The third kappa shape index (κ3) is 13.0. The Morgan fingerprint density at radius 3 is 2.26 bits per heavy atom. The molecule has 2 saturated carbocycles. The molecule has 0 radical (unpaired) electrons. The lowest BCUT2D eigenvalue weighted by Crippen LogP contribution is -2.54. The molecule has 0 aliphatic heterocycles. The molecule has 1 aromatic carbocycles. The fraction of sp³-hybridized carbons (Fsp3) is 0.577. The Morgan fingerprint density at radius 1 is 0.871 bits per heavy atom. The monoisotopic (exact) mass is 969 g/mol. The van der Waals surface area contributed by atoms with E-state index < -0.39 is 60.4 Å². The maximum atomic E-state index is 13.5. The number of likely N-dealkylation sites (N-methyl/N-ethyl adjacent to an activating group) is 2. The van der Waals surface area contributed by atoms with E-state index in [-0.39, 0.29) is 68.4 Å². The Hall–Kier alpha value is -6.46. The second kappa shape index (κ2) is 23.4. The highest BCUT2D eigenvalue weighted by atomic mass is 16.6. The molecule has 7 N–H and O–H groups in total. The van der Waals surface area contributed by atoms with Gasteiger partial charge >= 0.3 is 24.2 Å². The zero-order valence-electron chi connectivity index (χ0n) is 41.5. The van der Waals surface area contributed by atoms with Gasteiger partial charge < -0.3 is 51.4 Å². The SMILES string of the molecule is CC(C)[C@H](NC(=O)CCC(=O)O)C(=O)N[C@@H](CCCNC(N)=O)C(=O)Nc1ccc(COC(=O)N(C)CCN(C)C(=O)O[C@H]2CC[C@@]3(C)C(=CC[C@@H]4[C@@H]3CC[C@]3(C)C(c5cccnc5)=CC[C@@H]43)C2)cc1. The lowest BCUT2D eigenvalue weighted by atomic mass is 9.47. The number of nitrogens with zero attached hydrogens (tertiary/aromatic N) is 3. The average Bonchev–Trinajstić information content (AvgIpc) is 3.69. The molecular formula is C52H72N8O10. The summed E-state index contributed by atoms with van der Waals surface area (Å²) in [6.07, 6.45) is 14.4. The van der Waals surface area contributed by atoms with Crippen LogP contribution in [0.5, 0.6) is 0 Å². The van der Waals surface area contributed by atoms with Gasteiger partial charge in [-0.1, -0.05) is 63.6 Å². The lowest BCUT2D eigenvalue weighted by Gasteiger charge is -2.57. The van der Waals surface area contributed by atoms with Crippen molar-refractivity contribution in [2.24, 2.45) is 40.2 Å². The predicted octanol–water partition coefficient (Wildman–Crippen LogP) is 6.62. The highest BCUT2D eigenvalue weighted by Crippen LogP contribution is 2.66. The van der Waals surface area contributed by atoms with Crippen LogP contribution in [0.15, 0.2) is 66.5 Å². The van der Waals surface area contributed by atoms with Crippen molar-refractivity contribution in [3.05, 3.63) is 77.6 Å². The molecule has 0 saturated heterocycles. The van der Waals surface area contributed by atoms with E-state index in [0.29, 0.717) is 29.0 Å². The Balaban J connectivity index is 0.932. The van der Waals surface area contributed by atoms with Gasteiger partial charge in [-0.25, -0.2) is 14.4 Å². The standard InChI is InChI=1S/C52H72N8O10/c1-32(2)45(58-43(61)19-20-44(62)63)47(65)57-42(10-8-26-55-48(53)66)46(64)56-36-14-11-33(12-15-36)31-69-49(67)59(5)27-28-60(6)50(68)70-37-21-23-51(3)35(29-37)13-16-38-40-18-17-39(34-9-7-25-54-30-34)52(40,4)24-22-41(38)51/h7,9,11-15,17,25,30,32,37-38,40-42,45H,8,10,16,18-24,26-29,31H2,1-6H3,(H,56,64)(H,57,65)(H,58,61)(H,62,63)(H3,53,55,66)/t37-,38-,40-,41-,42-,45-,51-,52+/m0/s1. The number of amides is 7. The fourth-order valence-electron chi connectivity index (χ4n) is 11.2. The number of hydrogen-bond donors (Lipinski definition) is 6. The molecule has 4 aliphatic rings. The van der Waals surface area contributed by atoms with Crippen LogP contribution < -0.4 is 27.0 Å². The molecule has 70 heavy (non-hydrogen) atoms.